The SMILES string of the molecule is CC(CO)(Cc1ccccn1)c1ccc(F)cc1. The summed E-state index contributed by atoms with van der Waals surface area (Å²) in [6.07, 6.45) is 2.35. The fourth-order valence-corrected chi connectivity index (χ4v) is 2.00. The number of aliphatic hydroxyl groups excluding tert-OH is 1. The molecular weight excluding hydrogens is 229 g/mol. The maximum absolute atomic E-state index is 12.9. The van der Waals surface area contributed by atoms with Crippen LogP contribution in [0.3, 0.4) is 0 Å². The third kappa shape index (κ3) is 2.74. The zero-order valence-electron chi connectivity index (χ0n) is 10.3. The molecule has 2 aromatic rings. The number of hydrogen-bond donors (Lipinski definition) is 1. The summed E-state index contributed by atoms with van der Waals surface area (Å²) >= 11 is 0. The lowest BCUT2D eigenvalue weighted by molar-refractivity contribution is 0.203. The highest BCUT2D eigenvalue weighted by Crippen LogP contribution is 2.27. The highest BCUT2D eigenvalue weighted by Gasteiger charge is 2.26. The van der Waals surface area contributed by atoms with Gasteiger partial charge in [-0.15, -0.1) is 0 Å². The Morgan fingerprint density at radius 3 is 2.44 bits per heavy atom. The number of rotatable bonds is 4. The Morgan fingerprint density at radius 2 is 1.89 bits per heavy atom. The summed E-state index contributed by atoms with van der Waals surface area (Å²) < 4.78 is 12.9. The molecule has 0 amide bonds. The molecule has 0 saturated carbocycles. The molecule has 0 bridgehead atoms. The second kappa shape index (κ2) is 5.27. The van der Waals surface area contributed by atoms with Crippen LogP contribution in [-0.4, -0.2) is 16.7 Å². The van der Waals surface area contributed by atoms with Gasteiger partial charge in [0.2, 0.25) is 0 Å². The Balaban J connectivity index is 2.28. The molecule has 2 nitrogen and oxygen atoms in total. The number of aromatic nitrogens is 1. The van der Waals surface area contributed by atoms with Gasteiger partial charge in [0, 0.05) is 23.7 Å². The zero-order valence-corrected chi connectivity index (χ0v) is 10.3. The van der Waals surface area contributed by atoms with E-state index in [-0.39, 0.29) is 12.4 Å². The van der Waals surface area contributed by atoms with Crippen molar-refractivity contribution in [1.29, 1.82) is 0 Å². The molecule has 3 heteroatoms. The van der Waals surface area contributed by atoms with Crippen molar-refractivity contribution in [3.63, 3.8) is 0 Å². The molecular formula is C15H16FNO. The van der Waals surface area contributed by atoms with Crippen LogP contribution in [0.5, 0.6) is 0 Å². The maximum Gasteiger partial charge on any atom is 0.123 e. The number of aliphatic hydroxyl groups is 1. The highest BCUT2D eigenvalue weighted by molar-refractivity contribution is 5.27. The molecule has 2 rings (SSSR count). The number of benzene rings is 1. The molecule has 1 aromatic carbocycles. The van der Waals surface area contributed by atoms with E-state index in [2.05, 4.69) is 4.98 Å². The van der Waals surface area contributed by atoms with E-state index in [9.17, 15) is 9.50 Å². The molecule has 1 aromatic heterocycles. The predicted octanol–water partition coefficient (Wildman–Crippen LogP) is 2.71. The molecule has 0 saturated heterocycles. The number of pyridine rings is 1. The lowest BCUT2D eigenvalue weighted by Crippen LogP contribution is -2.29. The molecule has 0 radical (unpaired) electrons. The summed E-state index contributed by atoms with van der Waals surface area (Å²) in [6.45, 7) is 1.95. The normalized spacial score (nSPS) is 14.2. The Hall–Kier alpha value is -1.74. The van der Waals surface area contributed by atoms with Gasteiger partial charge in [0.25, 0.3) is 0 Å². The average Bonchev–Trinajstić information content (AvgIpc) is 2.40. The fraction of sp³-hybridized carbons (Fsp3) is 0.267. The van der Waals surface area contributed by atoms with Crippen LogP contribution in [-0.2, 0) is 11.8 Å². The topological polar surface area (TPSA) is 33.1 Å². The van der Waals surface area contributed by atoms with Crippen molar-refractivity contribution in [2.75, 3.05) is 6.61 Å². The van der Waals surface area contributed by atoms with Gasteiger partial charge >= 0.3 is 0 Å². The Morgan fingerprint density at radius 1 is 1.17 bits per heavy atom. The number of hydrogen-bond acceptors (Lipinski definition) is 2. The first-order valence-electron chi connectivity index (χ1n) is 5.91. The molecule has 18 heavy (non-hydrogen) atoms. The number of nitrogens with zero attached hydrogens (tertiary/aromatic N) is 1. The quantitative estimate of drug-likeness (QED) is 0.898. The molecule has 0 fully saturated rings. The monoisotopic (exact) mass is 245 g/mol. The summed E-state index contributed by atoms with van der Waals surface area (Å²) in [6, 6.07) is 12.0. The van der Waals surface area contributed by atoms with Crippen molar-refractivity contribution in [1.82, 2.24) is 4.98 Å². The molecule has 1 N–H and O–H groups in total. The first-order valence-corrected chi connectivity index (χ1v) is 5.91. The van der Waals surface area contributed by atoms with Gasteiger partial charge in [0.15, 0.2) is 0 Å². The first-order chi connectivity index (χ1) is 8.64. The summed E-state index contributed by atoms with van der Waals surface area (Å²) in [5.41, 5.74) is 1.39. The van der Waals surface area contributed by atoms with Crippen molar-refractivity contribution in [3.05, 3.63) is 65.7 Å². The molecule has 94 valence electrons. The lowest BCUT2D eigenvalue weighted by atomic mass is 9.79. The average molecular weight is 245 g/mol. The smallest absolute Gasteiger partial charge is 0.123 e. The predicted molar refractivity (Wildman–Crippen MR) is 68.8 cm³/mol. The second-order valence-electron chi connectivity index (χ2n) is 4.72. The Kier molecular flexibility index (Phi) is 3.72. The van der Waals surface area contributed by atoms with Gasteiger partial charge in [-0.05, 0) is 29.8 Å². The van der Waals surface area contributed by atoms with E-state index in [4.69, 9.17) is 0 Å². The maximum atomic E-state index is 12.9. The molecule has 0 aliphatic carbocycles. The van der Waals surface area contributed by atoms with Crippen LogP contribution in [0.25, 0.3) is 0 Å². The van der Waals surface area contributed by atoms with E-state index in [1.807, 2.05) is 25.1 Å². The van der Waals surface area contributed by atoms with Gasteiger partial charge in [0.05, 0.1) is 6.61 Å². The van der Waals surface area contributed by atoms with Crippen LogP contribution in [0.1, 0.15) is 18.2 Å². The summed E-state index contributed by atoms with van der Waals surface area (Å²) in [7, 11) is 0. The van der Waals surface area contributed by atoms with Crippen molar-refractivity contribution in [2.45, 2.75) is 18.8 Å². The summed E-state index contributed by atoms with van der Waals surface area (Å²) in [5, 5.41) is 9.65. The van der Waals surface area contributed by atoms with E-state index >= 15 is 0 Å². The third-order valence-corrected chi connectivity index (χ3v) is 3.19. The lowest BCUT2D eigenvalue weighted by Gasteiger charge is -2.27. The second-order valence-corrected chi connectivity index (χ2v) is 4.72. The standard InChI is InChI=1S/C15H16FNO/c1-15(11-18,10-14-4-2-3-9-17-14)12-5-7-13(16)8-6-12/h2-9,18H,10-11H2,1H3. The third-order valence-electron chi connectivity index (χ3n) is 3.19. The van der Waals surface area contributed by atoms with Crippen LogP contribution < -0.4 is 0 Å². The van der Waals surface area contributed by atoms with Gasteiger partial charge in [-0.2, -0.15) is 0 Å². The van der Waals surface area contributed by atoms with Crippen molar-refractivity contribution in [2.24, 2.45) is 0 Å². The van der Waals surface area contributed by atoms with Crippen molar-refractivity contribution < 1.29 is 9.50 Å². The van der Waals surface area contributed by atoms with Crippen LogP contribution in [0, 0.1) is 5.82 Å². The van der Waals surface area contributed by atoms with E-state index in [0.717, 1.165) is 11.3 Å². The van der Waals surface area contributed by atoms with E-state index in [1.54, 1.807) is 18.3 Å². The minimum atomic E-state index is -0.442. The van der Waals surface area contributed by atoms with Crippen LogP contribution in [0.15, 0.2) is 48.7 Å². The first kappa shape index (κ1) is 12.7. The fourth-order valence-electron chi connectivity index (χ4n) is 2.00. The van der Waals surface area contributed by atoms with Gasteiger partial charge in [0.1, 0.15) is 5.82 Å². The molecule has 0 aliphatic heterocycles. The largest absolute Gasteiger partial charge is 0.395 e. The van der Waals surface area contributed by atoms with Crippen LogP contribution in [0.2, 0.25) is 0 Å². The molecule has 1 heterocycles. The van der Waals surface area contributed by atoms with Crippen molar-refractivity contribution in [3.8, 4) is 0 Å². The minimum Gasteiger partial charge on any atom is -0.395 e. The molecule has 0 aliphatic rings. The van der Waals surface area contributed by atoms with Gasteiger partial charge < -0.3 is 5.11 Å². The van der Waals surface area contributed by atoms with Crippen molar-refractivity contribution >= 4 is 0 Å². The summed E-state index contributed by atoms with van der Waals surface area (Å²) in [4.78, 5) is 4.27. The van der Waals surface area contributed by atoms with Gasteiger partial charge in [-0.1, -0.05) is 25.1 Å². The minimum absolute atomic E-state index is 0.00476. The van der Waals surface area contributed by atoms with Gasteiger partial charge in [-0.25, -0.2) is 4.39 Å². The van der Waals surface area contributed by atoms with E-state index < -0.39 is 5.41 Å². The highest BCUT2D eigenvalue weighted by atomic mass is 19.1. The molecule has 1 unspecified atom stereocenters. The molecule has 0 spiro atoms. The summed E-state index contributed by atoms with van der Waals surface area (Å²) in [5.74, 6) is -0.267. The van der Waals surface area contributed by atoms with E-state index in [1.165, 1.54) is 12.1 Å². The number of halogens is 1. The Bertz CT molecular complexity index is 498. The van der Waals surface area contributed by atoms with Crippen LogP contribution in [0.4, 0.5) is 4.39 Å². The molecule has 1 atom stereocenters. The van der Waals surface area contributed by atoms with E-state index in [0.29, 0.717) is 6.42 Å². The Labute approximate surface area is 106 Å². The van der Waals surface area contributed by atoms with Crippen LogP contribution >= 0.6 is 0 Å². The van der Waals surface area contributed by atoms with Gasteiger partial charge in [-0.3, -0.25) is 4.98 Å². The zero-order chi connectivity index (χ0) is 13.0.